The number of nitrogens with one attached hydrogen (secondary N) is 1. The molecular formula is C25H33ClF3N5O3. The summed E-state index contributed by atoms with van der Waals surface area (Å²) in [5, 5.41) is 7.67. The lowest BCUT2D eigenvalue weighted by Crippen LogP contribution is -2.31. The Morgan fingerprint density at radius 3 is 2.59 bits per heavy atom. The zero-order valence-electron chi connectivity index (χ0n) is 21.0. The number of ether oxygens (including phenoxy) is 1. The zero-order chi connectivity index (χ0) is 27.0. The van der Waals surface area contributed by atoms with Gasteiger partial charge in [0.2, 0.25) is 6.41 Å². The lowest BCUT2D eigenvalue weighted by atomic mass is 10.1. The number of hydrogen-bond acceptors (Lipinski definition) is 6. The Morgan fingerprint density at radius 1 is 1.16 bits per heavy atom. The molecule has 204 valence electrons. The lowest BCUT2D eigenvalue weighted by molar-refractivity contribution is -0.137. The minimum Gasteiger partial charge on any atom is -0.380 e. The van der Waals surface area contributed by atoms with Gasteiger partial charge in [-0.05, 0) is 69.2 Å². The van der Waals surface area contributed by atoms with Gasteiger partial charge in [0.05, 0.1) is 24.4 Å². The molecule has 2 aromatic rings. The maximum absolute atomic E-state index is 12.3. The van der Waals surface area contributed by atoms with E-state index in [4.69, 9.17) is 16.3 Å². The Hall–Kier alpha value is -2.47. The van der Waals surface area contributed by atoms with Gasteiger partial charge in [-0.3, -0.25) is 14.3 Å². The van der Waals surface area contributed by atoms with Gasteiger partial charge in [-0.1, -0.05) is 11.6 Å². The lowest BCUT2D eigenvalue weighted by Gasteiger charge is -2.16. The summed E-state index contributed by atoms with van der Waals surface area (Å²) < 4.78 is 43.4. The fourth-order valence-corrected chi connectivity index (χ4v) is 5.06. The number of amides is 1. The van der Waals surface area contributed by atoms with Gasteiger partial charge in [0, 0.05) is 37.3 Å². The topological polar surface area (TPSA) is 79.7 Å². The van der Waals surface area contributed by atoms with E-state index < -0.39 is 11.7 Å². The molecule has 12 heteroatoms. The zero-order valence-corrected chi connectivity index (χ0v) is 21.8. The van der Waals surface area contributed by atoms with Crippen molar-refractivity contribution in [1.29, 1.82) is 0 Å². The minimum atomic E-state index is -4.37. The summed E-state index contributed by atoms with van der Waals surface area (Å²) in [6, 6.07) is 6.78. The van der Waals surface area contributed by atoms with E-state index in [-0.39, 0.29) is 11.6 Å². The highest BCUT2D eigenvalue weighted by Gasteiger charge is 2.34. The van der Waals surface area contributed by atoms with Gasteiger partial charge in [0.15, 0.2) is 6.29 Å². The average Bonchev–Trinajstić information content (AvgIpc) is 3.54. The van der Waals surface area contributed by atoms with Crippen molar-refractivity contribution < 1.29 is 27.5 Å². The molecule has 0 spiro atoms. The molecule has 0 saturated carbocycles. The van der Waals surface area contributed by atoms with Crippen molar-refractivity contribution in [2.75, 3.05) is 33.8 Å². The Balaban J connectivity index is 0.000000158. The van der Waals surface area contributed by atoms with E-state index in [2.05, 4.69) is 22.4 Å². The second-order valence-electron chi connectivity index (χ2n) is 9.30. The molecule has 2 fully saturated rings. The van der Waals surface area contributed by atoms with Crippen LogP contribution in [0.4, 0.5) is 13.2 Å². The van der Waals surface area contributed by atoms with E-state index in [0.717, 1.165) is 62.1 Å². The fraction of sp³-hybridized carbons (Fsp3) is 0.560. The van der Waals surface area contributed by atoms with Gasteiger partial charge >= 0.3 is 6.18 Å². The summed E-state index contributed by atoms with van der Waals surface area (Å²) in [6.07, 6.45) is 0.803. The largest absolute Gasteiger partial charge is 0.416 e. The van der Waals surface area contributed by atoms with Crippen molar-refractivity contribution in [3.05, 3.63) is 51.8 Å². The number of halogens is 4. The molecule has 8 nitrogen and oxygen atoms in total. The summed E-state index contributed by atoms with van der Waals surface area (Å²) in [6.45, 7) is 4.72. The highest BCUT2D eigenvalue weighted by atomic mass is 35.5. The van der Waals surface area contributed by atoms with E-state index >= 15 is 0 Å². The number of nitrogens with zero attached hydrogens (tertiary/aromatic N) is 4. The molecule has 5 rings (SSSR count). The molecule has 1 N–H and O–H groups in total. The van der Waals surface area contributed by atoms with E-state index in [9.17, 15) is 22.8 Å². The predicted molar refractivity (Wildman–Crippen MR) is 133 cm³/mol. The van der Waals surface area contributed by atoms with Crippen LogP contribution in [0.15, 0.2) is 24.3 Å². The van der Waals surface area contributed by atoms with Crippen molar-refractivity contribution in [3.8, 4) is 0 Å². The van der Waals surface area contributed by atoms with Gasteiger partial charge in [0.1, 0.15) is 5.69 Å². The first kappa shape index (κ1) is 29.1. The molecular weight excluding hydrogens is 511 g/mol. The number of benzene rings is 1. The molecule has 3 aliphatic rings. The summed E-state index contributed by atoms with van der Waals surface area (Å²) in [4.78, 5) is 25.3. The van der Waals surface area contributed by atoms with Crippen LogP contribution in [-0.4, -0.2) is 78.2 Å². The number of hydrogen-bond donors (Lipinski definition) is 1. The molecule has 3 aliphatic heterocycles. The summed E-state index contributed by atoms with van der Waals surface area (Å²) in [5.41, 5.74) is 1.02. The van der Waals surface area contributed by atoms with Crippen LogP contribution in [-0.2, 0) is 35.4 Å². The summed E-state index contributed by atoms with van der Waals surface area (Å²) in [5.74, 6) is 0. The third-order valence-corrected chi connectivity index (χ3v) is 6.82. The Kier molecular flexibility index (Phi) is 10.5. The molecule has 2 unspecified atom stereocenters. The number of aromatic nitrogens is 2. The standard InChI is InChI=1S/C9H8ClF3O.C9H11N3O2.C7H14N2/c1-14-5-6-2-7(9(11,12)13)4-8(10)3-6;13-6-8-4-9-5-11(7-14)2-1-3-12(9)10-8;1-9-5-3-6-7(9)2-4-8-6/h2-4H,5H2,1H3;4,6-7H,1-3,5H2;6-8H,2-5H2,1H3. The molecule has 0 radical (unpaired) electrons. The average molecular weight is 544 g/mol. The van der Waals surface area contributed by atoms with Gasteiger partial charge in [-0.2, -0.15) is 18.3 Å². The molecule has 37 heavy (non-hydrogen) atoms. The molecule has 0 bridgehead atoms. The third kappa shape index (κ3) is 8.26. The van der Waals surface area contributed by atoms with Crippen LogP contribution in [0.25, 0.3) is 0 Å². The summed E-state index contributed by atoms with van der Waals surface area (Å²) in [7, 11) is 3.64. The first-order valence-corrected chi connectivity index (χ1v) is 12.5. The molecule has 1 aromatic carbocycles. The Morgan fingerprint density at radius 2 is 1.95 bits per heavy atom. The molecule has 2 saturated heterocycles. The van der Waals surface area contributed by atoms with Crippen molar-refractivity contribution in [3.63, 3.8) is 0 Å². The number of likely N-dealkylation sites (N-methyl/N-ethyl adjacent to an activating group) is 1. The van der Waals surface area contributed by atoms with Crippen LogP contribution in [0.5, 0.6) is 0 Å². The second-order valence-corrected chi connectivity index (χ2v) is 9.73. The van der Waals surface area contributed by atoms with Crippen LogP contribution in [0.1, 0.15) is 46.6 Å². The number of carbonyl (C=O) groups excluding carboxylic acids is 2. The molecule has 1 amide bonds. The predicted octanol–water partition coefficient (Wildman–Crippen LogP) is 3.62. The SMILES string of the molecule is CN1CCC2NCCC21.COCc1cc(Cl)cc(C(F)(F)F)c1.O=Cc1cc2n(n1)CCCN(C=O)C2. The fourth-order valence-electron chi connectivity index (χ4n) is 4.81. The number of methoxy groups -OCH3 is 1. The Labute approximate surface area is 219 Å². The highest BCUT2D eigenvalue weighted by molar-refractivity contribution is 6.30. The number of carbonyl (C=O) groups is 2. The van der Waals surface area contributed by atoms with Crippen LogP contribution >= 0.6 is 11.6 Å². The molecule has 4 heterocycles. The smallest absolute Gasteiger partial charge is 0.380 e. The summed E-state index contributed by atoms with van der Waals surface area (Å²) >= 11 is 5.54. The van der Waals surface area contributed by atoms with Gasteiger partial charge in [-0.15, -0.1) is 0 Å². The van der Waals surface area contributed by atoms with E-state index in [1.807, 2.05) is 0 Å². The van der Waals surface area contributed by atoms with Crippen LogP contribution in [0.3, 0.4) is 0 Å². The Bertz CT molecular complexity index is 1050. The van der Waals surface area contributed by atoms with Crippen molar-refractivity contribution in [2.24, 2.45) is 0 Å². The van der Waals surface area contributed by atoms with E-state index in [1.165, 1.54) is 39.1 Å². The normalized spacial score (nSPS) is 21.1. The number of alkyl halides is 3. The van der Waals surface area contributed by atoms with Crippen LogP contribution < -0.4 is 5.32 Å². The highest BCUT2D eigenvalue weighted by Crippen LogP contribution is 2.32. The monoisotopic (exact) mass is 543 g/mol. The molecule has 1 aromatic heterocycles. The van der Waals surface area contributed by atoms with Crippen LogP contribution in [0, 0.1) is 0 Å². The maximum Gasteiger partial charge on any atom is 0.416 e. The quantitative estimate of drug-likeness (QED) is 0.594. The number of likely N-dealkylation sites (tertiary alicyclic amines) is 1. The van der Waals surface area contributed by atoms with Crippen molar-refractivity contribution in [2.45, 2.75) is 57.2 Å². The van der Waals surface area contributed by atoms with E-state index in [0.29, 0.717) is 17.8 Å². The molecule has 0 aliphatic carbocycles. The minimum absolute atomic E-state index is 0.0619. The van der Waals surface area contributed by atoms with Gasteiger partial charge < -0.3 is 19.9 Å². The van der Waals surface area contributed by atoms with Crippen molar-refractivity contribution in [1.82, 2.24) is 24.9 Å². The number of fused-ring (bicyclic) bond motifs is 2. The first-order valence-electron chi connectivity index (χ1n) is 12.1. The van der Waals surface area contributed by atoms with Crippen LogP contribution in [0.2, 0.25) is 5.02 Å². The van der Waals surface area contributed by atoms with Gasteiger partial charge in [-0.25, -0.2) is 0 Å². The number of rotatable bonds is 4. The second kappa shape index (κ2) is 13.4. The number of aryl methyl sites for hydroxylation is 1. The number of aldehydes is 1. The molecule has 2 atom stereocenters. The maximum atomic E-state index is 12.3. The van der Waals surface area contributed by atoms with E-state index in [1.54, 1.807) is 15.6 Å². The first-order chi connectivity index (χ1) is 17.6. The van der Waals surface area contributed by atoms with Crippen molar-refractivity contribution >= 4 is 24.3 Å². The van der Waals surface area contributed by atoms with Gasteiger partial charge in [0.25, 0.3) is 0 Å². The third-order valence-electron chi connectivity index (χ3n) is 6.60.